The van der Waals surface area contributed by atoms with Crippen LogP contribution in [0.4, 0.5) is 11.4 Å². The predicted octanol–water partition coefficient (Wildman–Crippen LogP) is 4.77. The van der Waals surface area contributed by atoms with E-state index in [4.69, 9.17) is 4.74 Å². The van der Waals surface area contributed by atoms with Crippen LogP contribution in [0.25, 0.3) is 5.57 Å². The molecule has 1 aliphatic heterocycles. The Morgan fingerprint density at radius 2 is 1.72 bits per heavy atom. The highest BCUT2D eigenvalue weighted by Gasteiger charge is 2.41. The van der Waals surface area contributed by atoms with E-state index in [-0.39, 0.29) is 17.5 Å². The van der Waals surface area contributed by atoms with Crippen LogP contribution < -0.4 is 15.0 Å². The Balaban J connectivity index is 1.78. The molecule has 0 saturated carbocycles. The molecule has 4 rings (SSSR count). The first kappa shape index (κ1) is 19.0. The van der Waals surface area contributed by atoms with Gasteiger partial charge in [0.1, 0.15) is 11.4 Å². The molecule has 0 aliphatic carbocycles. The molecule has 1 aromatic heterocycles. The number of carbonyl (C=O) groups is 2. The van der Waals surface area contributed by atoms with Crippen LogP contribution in [-0.4, -0.2) is 18.9 Å². The standard InChI is InChI=1S/C23H20N2O3S/c1-14-6-11-18(15(2)13-14)25-22(26)20(19-5-4-12-29-19)21(23(25)27)24-16-7-9-17(28-3)10-8-16/h4-13,24H,1-3H3. The van der Waals surface area contributed by atoms with Crippen molar-refractivity contribution in [3.05, 3.63) is 81.7 Å². The van der Waals surface area contributed by atoms with Crippen LogP contribution in [0.5, 0.6) is 5.75 Å². The van der Waals surface area contributed by atoms with Gasteiger partial charge < -0.3 is 10.1 Å². The fourth-order valence-corrected chi connectivity index (χ4v) is 4.16. The van der Waals surface area contributed by atoms with Crippen molar-refractivity contribution in [3.8, 4) is 5.75 Å². The van der Waals surface area contributed by atoms with E-state index in [0.717, 1.165) is 16.0 Å². The molecule has 0 fully saturated rings. The number of thiophene rings is 1. The first-order chi connectivity index (χ1) is 14.0. The molecule has 1 aliphatic rings. The molecule has 3 aromatic rings. The van der Waals surface area contributed by atoms with Crippen molar-refractivity contribution in [1.82, 2.24) is 0 Å². The number of aryl methyl sites for hydroxylation is 2. The predicted molar refractivity (Wildman–Crippen MR) is 116 cm³/mol. The lowest BCUT2D eigenvalue weighted by atomic mass is 10.1. The third kappa shape index (κ3) is 3.43. The van der Waals surface area contributed by atoms with E-state index in [1.165, 1.54) is 16.2 Å². The van der Waals surface area contributed by atoms with Gasteiger partial charge in [-0.05, 0) is 61.2 Å². The highest BCUT2D eigenvalue weighted by molar-refractivity contribution is 7.11. The molecule has 6 heteroatoms. The zero-order valence-electron chi connectivity index (χ0n) is 16.4. The van der Waals surface area contributed by atoms with Gasteiger partial charge in [0.15, 0.2) is 0 Å². The second-order valence-corrected chi connectivity index (χ2v) is 7.76. The molecule has 2 amide bonds. The smallest absolute Gasteiger partial charge is 0.282 e. The first-order valence-electron chi connectivity index (χ1n) is 9.15. The Morgan fingerprint density at radius 1 is 0.966 bits per heavy atom. The molecule has 5 nitrogen and oxygen atoms in total. The lowest BCUT2D eigenvalue weighted by Gasteiger charge is -2.18. The fourth-order valence-electron chi connectivity index (χ4n) is 3.39. The summed E-state index contributed by atoms with van der Waals surface area (Å²) >= 11 is 1.43. The van der Waals surface area contributed by atoms with Crippen LogP contribution in [0.2, 0.25) is 0 Å². The maximum absolute atomic E-state index is 13.4. The number of imide groups is 1. The lowest BCUT2D eigenvalue weighted by molar-refractivity contribution is -0.120. The van der Waals surface area contributed by atoms with Gasteiger partial charge in [0.2, 0.25) is 0 Å². The molecular weight excluding hydrogens is 384 g/mol. The summed E-state index contributed by atoms with van der Waals surface area (Å²) in [6, 6.07) is 16.7. The van der Waals surface area contributed by atoms with E-state index < -0.39 is 0 Å². The van der Waals surface area contributed by atoms with Gasteiger partial charge in [-0.15, -0.1) is 11.3 Å². The van der Waals surface area contributed by atoms with E-state index in [2.05, 4.69) is 5.32 Å². The van der Waals surface area contributed by atoms with Crippen molar-refractivity contribution in [3.63, 3.8) is 0 Å². The number of carbonyl (C=O) groups excluding carboxylic acids is 2. The number of nitrogens with zero attached hydrogens (tertiary/aromatic N) is 1. The van der Waals surface area contributed by atoms with Crippen LogP contribution in [0, 0.1) is 13.8 Å². The minimum absolute atomic E-state index is 0.280. The summed E-state index contributed by atoms with van der Waals surface area (Å²) in [7, 11) is 1.60. The fraction of sp³-hybridized carbons (Fsp3) is 0.130. The highest BCUT2D eigenvalue weighted by Crippen LogP contribution is 2.36. The molecule has 0 bridgehead atoms. The van der Waals surface area contributed by atoms with E-state index >= 15 is 0 Å². The van der Waals surface area contributed by atoms with Crippen LogP contribution in [-0.2, 0) is 9.59 Å². The van der Waals surface area contributed by atoms with Gasteiger partial charge in [0.25, 0.3) is 11.8 Å². The molecule has 0 spiro atoms. The minimum atomic E-state index is -0.360. The monoisotopic (exact) mass is 404 g/mol. The van der Waals surface area contributed by atoms with Crippen molar-refractivity contribution in [2.24, 2.45) is 0 Å². The summed E-state index contributed by atoms with van der Waals surface area (Å²) in [5, 5.41) is 5.05. The SMILES string of the molecule is COc1ccc(NC2=C(c3cccs3)C(=O)N(c3ccc(C)cc3C)C2=O)cc1. The Kier molecular flexibility index (Phi) is 4.94. The molecule has 29 heavy (non-hydrogen) atoms. The van der Waals surface area contributed by atoms with Gasteiger partial charge in [-0.25, -0.2) is 4.90 Å². The Hall–Kier alpha value is -3.38. The number of methoxy groups -OCH3 is 1. The number of rotatable bonds is 5. The molecule has 0 radical (unpaired) electrons. The molecule has 0 saturated heterocycles. The van der Waals surface area contributed by atoms with Gasteiger partial charge in [0.05, 0.1) is 18.4 Å². The second-order valence-electron chi connectivity index (χ2n) is 6.82. The minimum Gasteiger partial charge on any atom is -0.497 e. The van der Waals surface area contributed by atoms with Crippen molar-refractivity contribution in [1.29, 1.82) is 0 Å². The lowest BCUT2D eigenvalue weighted by Crippen LogP contribution is -2.33. The summed E-state index contributed by atoms with van der Waals surface area (Å²) in [6.07, 6.45) is 0. The maximum atomic E-state index is 13.4. The maximum Gasteiger partial charge on any atom is 0.282 e. The van der Waals surface area contributed by atoms with E-state index in [1.54, 1.807) is 19.2 Å². The summed E-state index contributed by atoms with van der Waals surface area (Å²) < 4.78 is 5.19. The first-order valence-corrected chi connectivity index (χ1v) is 10.0. The zero-order chi connectivity index (χ0) is 20.5. The van der Waals surface area contributed by atoms with Gasteiger partial charge in [-0.2, -0.15) is 0 Å². The van der Waals surface area contributed by atoms with Crippen LogP contribution >= 0.6 is 11.3 Å². The molecule has 0 atom stereocenters. The van der Waals surface area contributed by atoms with Crippen molar-refractivity contribution < 1.29 is 14.3 Å². The van der Waals surface area contributed by atoms with Crippen LogP contribution in [0.1, 0.15) is 16.0 Å². The quantitative estimate of drug-likeness (QED) is 0.623. The van der Waals surface area contributed by atoms with Crippen molar-refractivity contribution in [2.45, 2.75) is 13.8 Å². The molecule has 2 aromatic carbocycles. The largest absolute Gasteiger partial charge is 0.497 e. The van der Waals surface area contributed by atoms with Crippen LogP contribution in [0.15, 0.2) is 65.7 Å². The summed E-state index contributed by atoms with van der Waals surface area (Å²) in [6.45, 7) is 3.89. The van der Waals surface area contributed by atoms with E-state index in [1.807, 2.05) is 61.7 Å². The number of hydrogen-bond donors (Lipinski definition) is 1. The number of anilines is 2. The van der Waals surface area contributed by atoms with E-state index in [0.29, 0.717) is 22.7 Å². The Labute approximate surface area is 173 Å². The Morgan fingerprint density at radius 3 is 2.34 bits per heavy atom. The molecule has 0 unspecified atom stereocenters. The summed E-state index contributed by atoms with van der Waals surface area (Å²) in [4.78, 5) is 28.7. The van der Waals surface area contributed by atoms with Crippen LogP contribution in [0.3, 0.4) is 0 Å². The van der Waals surface area contributed by atoms with Gasteiger partial charge in [0, 0.05) is 10.6 Å². The zero-order valence-corrected chi connectivity index (χ0v) is 17.2. The number of hydrogen-bond acceptors (Lipinski definition) is 5. The van der Waals surface area contributed by atoms with Gasteiger partial charge >= 0.3 is 0 Å². The number of nitrogens with one attached hydrogen (secondary N) is 1. The third-order valence-corrected chi connectivity index (χ3v) is 5.69. The average Bonchev–Trinajstić information content (AvgIpc) is 3.31. The normalized spacial score (nSPS) is 14.0. The van der Waals surface area contributed by atoms with E-state index in [9.17, 15) is 9.59 Å². The van der Waals surface area contributed by atoms with Gasteiger partial charge in [-0.3, -0.25) is 9.59 Å². The second kappa shape index (κ2) is 7.56. The van der Waals surface area contributed by atoms with Crippen molar-refractivity contribution in [2.75, 3.05) is 17.3 Å². The number of amides is 2. The summed E-state index contributed by atoms with van der Waals surface area (Å²) in [5.74, 6) is 0.0373. The van der Waals surface area contributed by atoms with Gasteiger partial charge in [-0.1, -0.05) is 23.8 Å². The number of ether oxygens (including phenoxy) is 1. The third-order valence-electron chi connectivity index (χ3n) is 4.80. The molecular formula is C23H20N2O3S. The highest BCUT2D eigenvalue weighted by atomic mass is 32.1. The molecule has 146 valence electrons. The number of benzene rings is 2. The molecule has 1 N–H and O–H groups in total. The molecule has 2 heterocycles. The topological polar surface area (TPSA) is 58.6 Å². The van der Waals surface area contributed by atoms with Crippen molar-refractivity contribution >= 4 is 40.1 Å². The Bertz CT molecular complexity index is 1120. The summed E-state index contributed by atoms with van der Waals surface area (Å²) in [5.41, 5.74) is 3.93. The average molecular weight is 404 g/mol.